The maximum Gasteiger partial charge on any atom is 0.0897 e. The number of methoxy groups -OCH3 is 1. The lowest BCUT2D eigenvalue weighted by atomic mass is 10.1. The number of hydrogen-bond donors (Lipinski definition) is 3. The molecule has 0 bridgehead atoms. The molecule has 1 rings (SSSR count). The van der Waals surface area contributed by atoms with Crippen LogP contribution in [0.4, 0.5) is 0 Å². The van der Waals surface area contributed by atoms with Gasteiger partial charge in [0, 0.05) is 32.2 Å². The first-order valence-corrected chi connectivity index (χ1v) is 5.79. The second-order valence-electron chi connectivity index (χ2n) is 4.51. The van der Waals surface area contributed by atoms with E-state index >= 15 is 0 Å². The van der Waals surface area contributed by atoms with Gasteiger partial charge < -0.3 is 25.0 Å². The molecule has 1 aliphatic carbocycles. The van der Waals surface area contributed by atoms with Crippen molar-refractivity contribution < 1.29 is 19.7 Å². The molecule has 16 heavy (non-hydrogen) atoms. The zero-order valence-corrected chi connectivity index (χ0v) is 9.95. The predicted octanol–water partition coefficient (Wildman–Crippen LogP) is -0.628. The van der Waals surface area contributed by atoms with Crippen LogP contribution in [-0.4, -0.2) is 62.9 Å². The maximum atomic E-state index is 9.55. The molecular formula is C11H23NO4. The Kier molecular flexibility index (Phi) is 6.23. The summed E-state index contributed by atoms with van der Waals surface area (Å²) in [7, 11) is 1.62. The van der Waals surface area contributed by atoms with Gasteiger partial charge in [0.15, 0.2) is 0 Å². The van der Waals surface area contributed by atoms with E-state index in [0.717, 1.165) is 19.4 Å². The molecular weight excluding hydrogens is 210 g/mol. The van der Waals surface area contributed by atoms with E-state index in [9.17, 15) is 5.11 Å². The lowest BCUT2D eigenvalue weighted by molar-refractivity contribution is 0.0132. The summed E-state index contributed by atoms with van der Waals surface area (Å²) in [4.78, 5) is 0. The first-order chi connectivity index (χ1) is 7.72. The molecule has 0 aromatic rings. The summed E-state index contributed by atoms with van der Waals surface area (Å²) in [6.45, 7) is 2.90. The van der Waals surface area contributed by atoms with E-state index in [0.29, 0.717) is 26.4 Å². The Morgan fingerprint density at radius 1 is 1.38 bits per heavy atom. The van der Waals surface area contributed by atoms with Crippen LogP contribution in [0.1, 0.15) is 12.8 Å². The Morgan fingerprint density at radius 2 is 2.12 bits per heavy atom. The summed E-state index contributed by atoms with van der Waals surface area (Å²) in [5, 5.41) is 21.8. The Hall–Kier alpha value is -0.200. The third-order valence-electron chi connectivity index (χ3n) is 2.91. The Labute approximate surface area is 96.7 Å². The van der Waals surface area contributed by atoms with Crippen molar-refractivity contribution in [2.45, 2.75) is 18.9 Å². The third kappa shape index (κ3) is 5.23. The topological polar surface area (TPSA) is 71.0 Å². The Bertz CT molecular complexity index is 185. The molecule has 96 valence electrons. The monoisotopic (exact) mass is 233 g/mol. The van der Waals surface area contributed by atoms with Gasteiger partial charge in [-0.1, -0.05) is 0 Å². The van der Waals surface area contributed by atoms with Gasteiger partial charge in [-0.25, -0.2) is 0 Å². The average molecular weight is 233 g/mol. The fraction of sp³-hybridized carbons (Fsp3) is 1.00. The molecule has 0 aromatic carbocycles. The molecule has 1 unspecified atom stereocenters. The van der Waals surface area contributed by atoms with Crippen LogP contribution in [0.3, 0.4) is 0 Å². The minimum atomic E-state index is -0.494. The highest BCUT2D eigenvalue weighted by atomic mass is 16.5. The van der Waals surface area contributed by atoms with Crippen molar-refractivity contribution in [1.29, 1.82) is 0 Å². The van der Waals surface area contributed by atoms with Gasteiger partial charge in [0.1, 0.15) is 0 Å². The standard InChI is InChI=1S/C11H23NO4/c1-15-4-5-16-7-10(14)6-12-8-11(9-13)2-3-11/h10,12-14H,2-9H2,1H3. The van der Waals surface area contributed by atoms with Crippen LogP contribution in [0.25, 0.3) is 0 Å². The van der Waals surface area contributed by atoms with Crippen LogP contribution in [-0.2, 0) is 9.47 Å². The molecule has 0 saturated heterocycles. The molecule has 1 aliphatic rings. The van der Waals surface area contributed by atoms with E-state index in [1.165, 1.54) is 0 Å². The second-order valence-corrected chi connectivity index (χ2v) is 4.51. The summed E-state index contributed by atoms with van der Waals surface area (Å²) in [6.07, 6.45) is 1.67. The van der Waals surface area contributed by atoms with Crippen LogP contribution in [0.5, 0.6) is 0 Å². The van der Waals surface area contributed by atoms with Gasteiger partial charge in [0.25, 0.3) is 0 Å². The Morgan fingerprint density at radius 3 is 2.69 bits per heavy atom. The fourth-order valence-corrected chi connectivity index (χ4v) is 1.49. The molecule has 1 saturated carbocycles. The molecule has 1 fully saturated rings. The molecule has 0 spiro atoms. The molecule has 5 heteroatoms. The van der Waals surface area contributed by atoms with E-state index < -0.39 is 6.10 Å². The molecule has 0 radical (unpaired) electrons. The number of aliphatic hydroxyl groups excluding tert-OH is 2. The second kappa shape index (κ2) is 7.19. The van der Waals surface area contributed by atoms with Crippen molar-refractivity contribution in [3.05, 3.63) is 0 Å². The lowest BCUT2D eigenvalue weighted by Gasteiger charge is -2.15. The number of hydrogen-bond acceptors (Lipinski definition) is 5. The zero-order chi connectivity index (χ0) is 11.9. The highest BCUT2D eigenvalue weighted by Gasteiger charge is 2.41. The largest absolute Gasteiger partial charge is 0.396 e. The van der Waals surface area contributed by atoms with Crippen molar-refractivity contribution in [3.8, 4) is 0 Å². The average Bonchev–Trinajstić information content (AvgIpc) is 3.05. The quantitative estimate of drug-likeness (QED) is 0.438. The van der Waals surface area contributed by atoms with Crippen LogP contribution < -0.4 is 5.32 Å². The van der Waals surface area contributed by atoms with Gasteiger partial charge >= 0.3 is 0 Å². The van der Waals surface area contributed by atoms with Crippen LogP contribution >= 0.6 is 0 Å². The SMILES string of the molecule is COCCOCC(O)CNCC1(CO)CC1. The number of ether oxygens (including phenoxy) is 2. The van der Waals surface area contributed by atoms with Gasteiger partial charge in [-0.2, -0.15) is 0 Å². The van der Waals surface area contributed by atoms with E-state index in [2.05, 4.69) is 5.32 Å². The highest BCUT2D eigenvalue weighted by Crippen LogP contribution is 2.44. The predicted molar refractivity (Wildman–Crippen MR) is 60.3 cm³/mol. The van der Waals surface area contributed by atoms with Gasteiger partial charge in [0.2, 0.25) is 0 Å². The molecule has 3 N–H and O–H groups in total. The van der Waals surface area contributed by atoms with Gasteiger partial charge in [0.05, 0.1) is 25.9 Å². The number of aliphatic hydroxyl groups is 2. The summed E-state index contributed by atoms with van der Waals surface area (Å²) < 4.78 is 10.0. The van der Waals surface area contributed by atoms with Crippen molar-refractivity contribution in [3.63, 3.8) is 0 Å². The van der Waals surface area contributed by atoms with Crippen LogP contribution in [0.2, 0.25) is 0 Å². The van der Waals surface area contributed by atoms with Crippen molar-refractivity contribution in [2.75, 3.05) is 46.6 Å². The fourth-order valence-electron chi connectivity index (χ4n) is 1.49. The van der Waals surface area contributed by atoms with E-state index in [1.807, 2.05) is 0 Å². The zero-order valence-electron chi connectivity index (χ0n) is 9.95. The van der Waals surface area contributed by atoms with Crippen LogP contribution in [0.15, 0.2) is 0 Å². The smallest absolute Gasteiger partial charge is 0.0897 e. The van der Waals surface area contributed by atoms with E-state index in [1.54, 1.807) is 7.11 Å². The maximum absolute atomic E-state index is 9.55. The third-order valence-corrected chi connectivity index (χ3v) is 2.91. The van der Waals surface area contributed by atoms with Gasteiger partial charge in [-0.15, -0.1) is 0 Å². The van der Waals surface area contributed by atoms with Crippen molar-refractivity contribution >= 4 is 0 Å². The van der Waals surface area contributed by atoms with E-state index in [4.69, 9.17) is 14.6 Å². The van der Waals surface area contributed by atoms with Crippen molar-refractivity contribution in [1.82, 2.24) is 5.32 Å². The summed E-state index contributed by atoms with van der Waals surface area (Å²) in [5.74, 6) is 0. The Balaban J connectivity index is 1.92. The van der Waals surface area contributed by atoms with Gasteiger partial charge in [-0.3, -0.25) is 0 Å². The lowest BCUT2D eigenvalue weighted by Crippen LogP contribution is -2.35. The van der Waals surface area contributed by atoms with Crippen LogP contribution in [0, 0.1) is 5.41 Å². The van der Waals surface area contributed by atoms with E-state index in [-0.39, 0.29) is 12.0 Å². The van der Waals surface area contributed by atoms with Crippen molar-refractivity contribution in [2.24, 2.45) is 5.41 Å². The van der Waals surface area contributed by atoms with Gasteiger partial charge in [-0.05, 0) is 12.8 Å². The molecule has 0 amide bonds. The molecule has 0 aromatic heterocycles. The number of rotatable bonds is 10. The normalized spacial score (nSPS) is 19.7. The molecule has 0 heterocycles. The first-order valence-electron chi connectivity index (χ1n) is 5.79. The minimum Gasteiger partial charge on any atom is -0.396 e. The number of nitrogens with one attached hydrogen (secondary N) is 1. The minimum absolute atomic E-state index is 0.0939. The molecule has 5 nitrogen and oxygen atoms in total. The molecule has 1 atom stereocenters. The summed E-state index contributed by atoms with van der Waals surface area (Å²) in [5.41, 5.74) is 0.0939. The summed E-state index contributed by atoms with van der Waals surface area (Å²) in [6, 6.07) is 0. The summed E-state index contributed by atoms with van der Waals surface area (Å²) >= 11 is 0. The highest BCUT2D eigenvalue weighted by molar-refractivity contribution is 4.94. The molecule has 0 aliphatic heterocycles. The first kappa shape index (κ1) is 13.9.